The normalized spacial score (nSPS) is 45.1. The second-order valence-electron chi connectivity index (χ2n) is 4.98. The van der Waals surface area contributed by atoms with Crippen LogP contribution in [0.3, 0.4) is 0 Å². The molecule has 0 aromatic carbocycles. The predicted molar refractivity (Wildman–Crippen MR) is 52.2 cm³/mol. The SMILES string of the molecule is CO[C@H]1CC(=O)C[C@@]2(C)COC(=O)[C@@]12C. The third kappa shape index (κ3) is 1.17. The average molecular weight is 212 g/mol. The van der Waals surface area contributed by atoms with Gasteiger partial charge in [0, 0.05) is 25.4 Å². The van der Waals surface area contributed by atoms with Gasteiger partial charge in [-0.1, -0.05) is 6.92 Å². The van der Waals surface area contributed by atoms with Crippen molar-refractivity contribution in [2.75, 3.05) is 13.7 Å². The lowest BCUT2D eigenvalue weighted by Crippen LogP contribution is -2.54. The minimum absolute atomic E-state index is 0.153. The highest BCUT2D eigenvalue weighted by molar-refractivity contribution is 5.88. The summed E-state index contributed by atoms with van der Waals surface area (Å²) in [6.07, 6.45) is 0.381. The number of ketones is 1. The molecule has 1 saturated carbocycles. The molecule has 0 N–H and O–H groups in total. The second-order valence-corrected chi connectivity index (χ2v) is 4.98. The lowest BCUT2D eigenvalue weighted by atomic mass is 9.57. The van der Waals surface area contributed by atoms with Gasteiger partial charge in [-0.15, -0.1) is 0 Å². The van der Waals surface area contributed by atoms with Crippen LogP contribution in [0.4, 0.5) is 0 Å². The zero-order valence-electron chi connectivity index (χ0n) is 9.33. The predicted octanol–water partition coefficient (Wildman–Crippen LogP) is 0.934. The molecule has 1 heterocycles. The molecule has 84 valence electrons. The summed E-state index contributed by atoms with van der Waals surface area (Å²) in [6.45, 7) is 4.11. The number of carbonyl (C=O) groups is 2. The van der Waals surface area contributed by atoms with E-state index in [-0.39, 0.29) is 17.9 Å². The summed E-state index contributed by atoms with van der Waals surface area (Å²) < 4.78 is 10.4. The van der Waals surface area contributed by atoms with Gasteiger partial charge in [-0.25, -0.2) is 0 Å². The van der Waals surface area contributed by atoms with Crippen LogP contribution >= 0.6 is 0 Å². The van der Waals surface area contributed by atoms with Gasteiger partial charge in [0.15, 0.2) is 0 Å². The molecule has 1 aliphatic carbocycles. The van der Waals surface area contributed by atoms with E-state index in [1.54, 1.807) is 7.11 Å². The second kappa shape index (κ2) is 3.04. The van der Waals surface area contributed by atoms with Gasteiger partial charge < -0.3 is 9.47 Å². The average Bonchev–Trinajstić information content (AvgIpc) is 2.40. The van der Waals surface area contributed by atoms with E-state index in [9.17, 15) is 9.59 Å². The van der Waals surface area contributed by atoms with Crippen molar-refractivity contribution in [3.05, 3.63) is 0 Å². The van der Waals surface area contributed by atoms with E-state index in [1.807, 2.05) is 13.8 Å². The number of fused-ring (bicyclic) bond motifs is 1. The van der Waals surface area contributed by atoms with E-state index in [1.165, 1.54) is 0 Å². The van der Waals surface area contributed by atoms with E-state index in [2.05, 4.69) is 0 Å². The number of ether oxygens (including phenoxy) is 2. The molecular weight excluding hydrogens is 196 g/mol. The zero-order chi connectivity index (χ0) is 11.3. The summed E-state index contributed by atoms with van der Waals surface area (Å²) >= 11 is 0. The Morgan fingerprint density at radius 2 is 2.07 bits per heavy atom. The van der Waals surface area contributed by atoms with E-state index in [0.29, 0.717) is 19.4 Å². The molecule has 2 aliphatic rings. The highest BCUT2D eigenvalue weighted by atomic mass is 16.5. The van der Waals surface area contributed by atoms with Gasteiger partial charge in [0.05, 0.1) is 12.7 Å². The van der Waals surface area contributed by atoms with Gasteiger partial charge in [-0.3, -0.25) is 9.59 Å². The Bertz CT molecular complexity index is 325. The topological polar surface area (TPSA) is 52.6 Å². The van der Waals surface area contributed by atoms with E-state index in [0.717, 1.165) is 0 Å². The quantitative estimate of drug-likeness (QED) is 0.607. The fourth-order valence-electron chi connectivity index (χ4n) is 2.76. The maximum atomic E-state index is 11.8. The largest absolute Gasteiger partial charge is 0.465 e. The maximum absolute atomic E-state index is 11.8. The van der Waals surface area contributed by atoms with Gasteiger partial charge in [-0.05, 0) is 6.92 Å². The standard InChI is InChI=1S/C11H16O4/c1-10-5-7(12)4-8(14-3)11(10,2)9(13)15-6-10/h8H,4-6H2,1-3H3/t8-,10-,11+/m0/s1. The Kier molecular flexibility index (Phi) is 2.15. The Balaban J connectivity index is 2.44. The lowest BCUT2D eigenvalue weighted by molar-refractivity contribution is -0.161. The van der Waals surface area contributed by atoms with Crippen molar-refractivity contribution in [2.45, 2.75) is 32.8 Å². The molecule has 2 fully saturated rings. The van der Waals surface area contributed by atoms with Gasteiger partial charge in [0.25, 0.3) is 0 Å². The summed E-state index contributed by atoms with van der Waals surface area (Å²) in [4.78, 5) is 23.4. The first-order chi connectivity index (χ1) is 6.94. The summed E-state index contributed by atoms with van der Waals surface area (Å²) in [5.41, 5.74) is -1.07. The summed E-state index contributed by atoms with van der Waals surface area (Å²) in [5.74, 6) is -0.0792. The van der Waals surface area contributed by atoms with Crippen molar-refractivity contribution in [3.8, 4) is 0 Å². The number of cyclic esters (lactones) is 1. The van der Waals surface area contributed by atoms with Crippen molar-refractivity contribution < 1.29 is 19.1 Å². The number of rotatable bonds is 1. The summed E-state index contributed by atoms with van der Waals surface area (Å²) in [6, 6.07) is 0. The van der Waals surface area contributed by atoms with Crippen LogP contribution in [0.5, 0.6) is 0 Å². The van der Waals surface area contributed by atoms with E-state index < -0.39 is 10.8 Å². The molecule has 15 heavy (non-hydrogen) atoms. The number of methoxy groups -OCH3 is 1. The van der Waals surface area contributed by atoms with Crippen LogP contribution in [0.2, 0.25) is 0 Å². The monoisotopic (exact) mass is 212 g/mol. The molecule has 0 bridgehead atoms. The molecule has 4 nitrogen and oxygen atoms in total. The lowest BCUT2D eigenvalue weighted by Gasteiger charge is -2.44. The number of esters is 1. The van der Waals surface area contributed by atoms with Gasteiger partial charge in [0.2, 0.25) is 0 Å². The van der Waals surface area contributed by atoms with Gasteiger partial charge >= 0.3 is 5.97 Å². The van der Waals surface area contributed by atoms with Crippen LogP contribution in [-0.4, -0.2) is 31.6 Å². The molecule has 0 spiro atoms. The fourth-order valence-corrected chi connectivity index (χ4v) is 2.76. The van der Waals surface area contributed by atoms with Crippen LogP contribution in [-0.2, 0) is 19.1 Å². The number of carbonyl (C=O) groups excluding carboxylic acids is 2. The molecule has 0 amide bonds. The summed E-state index contributed by atoms with van der Waals surface area (Å²) in [7, 11) is 1.54. The minimum atomic E-state index is -0.671. The number of Topliss-reactive ketones (excluding diaryl/α,β-unsaturated/α-hetero) is 1. The van der Waals surface area contributed by atoms with Crippen LogP contribution in [0.15, 0.2) is 0 Å². The molecule has 2 rings (SSSR count). The first-order valence-corrected chi connectivity index (χ1v) is 5.16. The van der Waals surface area contributed by atoms with Crippen molar-refractivity contribution in [3.63, 3.8) is 0 Å². The molecule has 3 atom stereocenters. The molecule has 1 aliphatic heterocycles. The Morgan fingerprint density at radius 3 is 2.67 bits per heavy atom. The van der Waals surface area contributed by atoms with Crippen LogP contribution in [0.1, 0.15) is 26.7 Å². The smallest absolute Gasteiger partial charge is 0.315 e. The van der Waals surface area contributed by atoms with E-state index in [4.69, 9.17) is 9.47 Å². The molecular formula is C11H16O4. The van der Waals surface area contributed by atoms with Gasteiger partial charge in [0.1, 0.15) is 11.2 Å². The van der Waals surface area contributed by atoms with Crippen molar-refractivity contribution in [1.82, 2.24) is 0 Å². The van der Waals surface area contributed by atoms with Crippen molar-refractivity contribution in [1.29, 1.82) is 0 Å². The first-order valence-electron chi connectivity index (χ1n) is 5.16. The molecule has 0 radical (unpaired) electrons. The first kappa shape index (κ1) is 10.6. The maximum Gasteiger partial charge on any atom is 0.315 e. The molecule has 0 aromatic heterocycles. The molecule has 0 aromatic rings. The van der Waals surface area contributed by atoms with Gasteiger partial charge in [-0.2, -0.15) is 0 Å². The highest BCUT2D eigenvalue weighted by Gasteiger charge is 2.64. The number of hydrogen-bond acceptors (Lipinski definition) is 4. The van der Waals surface area contributed by atoms with Crippen LogP contribution in [0, 0.1) is 10.8 Å². The van der Waals surface area contributed by atoms with Crippen LogP contribution < -0.4 is 0 Å². The Morgan fingerprint density at radius 1 is 1.40 bits per heavy atom. The van der Waals surface area contributed by atoms with Crippen molar-refractivity contribution in [2.24, 2.45) is 10.8 Å². The van der Waals surface area contributed by atoms with E-state index >= 15 is 0 Å². The number of hydrogen-bond donors (Lipinski definition) is 0. The Labute approximate surface area is 88.9 Å². The van der Waals surface area contributed by atoms with Crippen molar-refractivity contribution >= 4 is 11.8 Å². The summed E-state index contributed by atoms with van der Waals surface area (Å²) in [5, 5.41) is 0. The zero-order valence-corrected chi connectivity index (χ0v) is 9.33. The fraction of sp³-hybridized carbons (Fsp3) is 0.818. The molecule has 1 saturated heterocycles. The highest BCUT2D eigenvalue weighted by Crippen LogP contribution is 2.54. The Hall–Kier alpha value is -0.900. The molecule has 4 heteroatoms. The minimum Gasteiger partial charge on any atom is -0.465 e. The molecule has 0 unspecified atom stereocenters. The van der Waals surface area contributed by atoms with Crippen LogP contribution in [0.25, 0.3) is 0 Å². The third-order valence-electron chi connectivity index (χ3n) is 4.13. The third-order valence-corrected chi connectivity index (χ3v) is 4.13.